The first kappa shape index (κ1) is 12.9. The summed E-state index contributed by atoms with van der Waals surface area (Å²) < 4.78 is 14.2. The highest BCUT2D eigenvalue weighted by atomic mass is 19.1. The maximum atomic E-state index is 13.0. The molecule has 0 aliphatic carbocycles. The number of hydrogen-bond donors (Lipinski definition) is 1. The first-order valence-electron chi connectivity index (χ1n) is 6.01. The van der Waals surface area contributed by atoms with Crippen LogP contribution in [0.4, 0.5) is 4.39 Å². The Morgan fingerprint density at radius 2 is 1.81 bits per heavy atom. The van der Waals surface area contributed by atoms with E-state index in [9.17, 15) is 14.3 Å². The Hall–Kier alpha value is -3.09. The Bertz CT molecular complexity index is 784. The number of aromatic carboxylic acids is 1. The van der Waals surface area contributed by atoms with Gasteiger partial charge in [-0.3, -0.25) is 0 Å². The van der Waals surface area contributed by atoms with Gasteiger partial charge in [0.1, 0.15) is 17.1 Å². The van der Waals surface area contributed by atoms with Crippen LogP contribution in [0, 0.1) is 5.82 Å². The minimum atomic E-state index is -1.13. The summed E-state index contributed by atoms with van der Waals surface area (Å²) in [6.45, 7) is 0. The van der Waals surface area contributed by atoms with Crippen molar-refractivity contribution in [3.8, 4) is 17.2 Å². The number of halogens is 1. The highest BCUT2D eigenvalue weighted by Crippen LogP contribution is 2.23. The molecule has 0 fully saturated rings. The second kappa shape index (κ2) is 5.12. The van der Waals surface area contributed by atoms with Crippen molar-refractivity contribution in [2.45, 2.75) is 0 Å². The van der Waals surface area contributed by atoms with Gasteiger partial charge >= 0.3 is 5.97 Å². The van der Waals surface area contributed by atoms with Crippen LogP contribution in [0.5, 0.6) is 0 Å². The molecule has 3 rings (SSSR count). The summed E-state index contributed by atoms with van der Waals surface area (Å²) in [6, 6.07) is 7.09. The Balaban J connectivity index is 2.14. The Morgan fingerprint density at radius 1 is 1.14 bits per heavy atom. The van der Waals surface area contributed by atoms with Gasteiger partial charge in [-0.1, -0.05) is 0 Å². The lowest BCUT2D eigenvalue weighted by molar-refractivity contribution is 0.0697. The van der Waals surface area contributed by atoms with E-state index in [1.54, 1.807) is 6.07 Å². The van der Waals surface area contributed by atoms with Crippen molar-refractivity contribution in [3.63, 3.8) is 0 Å². The third-order valence-corrected chi connectivity index (χ3v) is 2.82. The normalized spacial score (nSPS) is 10.5. The zero-order chi connectivity index (χ0) is 14.8. The van der Waals surface area contributed by atoms with Crippen molar-refractivity contribution >= 4 is 5.97 Å². The molecule has 0 amide bonds. The van der Waals surface area contributed by atoms with Crippen LogP contribution in [0.2, 0.25) is 0 Å². The van der Waals surface area contributed by atoms with Crippen molar-refractivity contribution in [1.29, 1.82) is 0 Å². The van der Waals surface area contributed by atoms with E-state index < -0.39 is 11.8 Å². The lowest BCUT2D eigenvalue weighted by Crippen LogP contribution is -2.00. The highest BCUT2D eigenvalue weighted by Gasteiger charge is 2.18. The van der Waals surface area contributed by atoms with Gasteiger partial charge in [0, 0.05) is 24.2 Å². The van der Waals surface area contributed by atoms with Crippen LogP contribution >= 0.6 is 0 Å². The van der Waals surface area contributed by atoms with E-state index in [-0.39, 0.29) is 17.2 Å². The van der Waals surface area contributed by atoms with Gasteiger partial charge in [0.25, 0.3) is 0 Å². The molecule has 7 heteroatoms. The third kappa shape index (κ3) is 2.48. The average molecular weight is 284 g/mol. The monoisotopic (exact) mass is 284 g/mol. The van der Waals surface area contributed by atoms with Gasteiger partial charge in [0.05, 0.1) is 0 Å². The molecule has 3 aromatic rings. The SMILES string of the molecule is O=C(O)c1cn(-c2ncccn2)nc1-c1ccc(F)cc1. The van der Waals surface area contributed by atoms with Gasteiger partial charge in [-0.25, -0.2) is 23.8 Å². The molecule has 0 bridgehead atoms. The molecule has 104 valence electrons. The highest BCUT2D eigenvalue weighted by molar-refractivity contribution is 5.94. The van der Waals surface area contributed by atoms with E-state index in [4.69, 9.17) is 0 Å². The average Bonchev–Trinajstić information content (AvgIpc) is 2.94. The molecule has 2 aromatic heterocycles. The first-order chi connectivity index (χ1) is 10.1. The van der Waals surface area contributed by atoms with Gasteiger partial charge in [0.15, 0.2) is 0 Å². The second-order valence-corrected chi connectivity index (χ2v) is 4.20. The van der Waals surface area contributed by atoms with E-state index in [1.165, 1.54) is 47.5 Å². The minimum absolute atomic E-state index is 0.00550. The summed E-state index contributed by atoms with van der Waals surface area (Å²) >= 11 is 0. The molecule has 1 N–H and O–H groups in total. The molecule has 0 aliphatic heterocycles. The lowest BCUT2D eigenvalue weighted by Gasteiger charge is -1.99. The number of carboxylic acid groups (broad SMARTS) is 1. The minimum Gasteiger partial charge on any atom is -0.478 e. The van der Waals surface area contributed by atoms with E-state index in [0.717, 1.165) is 0 Å². The maximum Gasteiger partial charge on any atom is 0.339 e. The van der Waals surface area contributed by atoms with E-state index in [1.807, 2.05) is 0 Å². The van der Waals surface area contributed by atoms with E-state index in [0.29, 0.717) is 5.56 Å². The molecule has 0 saturated carbocycles. The molecule has 1 aromatic carbocycles. The summed E-state index contributed by atoms with van der Waals surface area (Å²) in [5.74, 6) is -1.27. The molecule has 2 heterocycles. The largest absolute Gasteiger partial charge is 0.478 e. The molecule has 0 atom stereocenters. The fourth-order valence-corrected chi connectivity index (χ4v) is 1.86. The number of rotatable bonds is 3. The molecular formula is C14H9FN4O2. The number of nitrogens with zero attached hydrogens (tertiary/aromatic N) is 4. The molecule has 0 saturated heterocycles. The van der Waals surface area contributed by atoms with Crippen LogP contribution in [0.3, 0.4) is 0 Å². The zero-order valence-electron chi connectivity index (χ0n) is 10.6. The summed E-state index contributed by atoms with van der Waals surface area (Å²) in [7, 11) is 0. The number of aromatic nitrogens is 4. The van der Waals surface area contributed by atoms with Crippen molar-refractivity contribution in [2.24, 2.45) is 0 Å². The van der Waals surface area contributed by atoms with Gasteiger partial charge in [-0.05, 0) is 30.3 Å². The Morgan fingerprint density at radius 3 is 2.43 bits per heavy atom. The maximum absolute atomic E-state index is 13.0. The predicted octanol–water partition coefficient (Wildman–Crippen LogP) is 2.17. The molecule has 0 unspecified atom stereocenters. The lowest BCUT2D eigenvalue weighted by atomic mass is 10.1. The summed E-state index contributed by atoms with van der Waals surface area (Å²) in [5.41, 5.74) is 0.729. The van der Waals surface area contributed by atoms with Gasteiger partial charge < -0.3 is 5.11 Å². The number of hydrogen-bond acceptors (Lipinski definition) is 4. The van der Waals surface area contributed by atoms with Crippen molar-refractivity contribution in [1.82, 2.24) is 19.7 Å². The summed E-state index contributed by atoms with van der Waals surface area (Å²) in [6.07, 6.45) is 4.39. The van der Waals surface area contributed by atoms with Crippen molar-refractivity contribution < 1.29 is 14.3 Å². The Kier molecular flexibility index (Phi) is 3.15. The van der Waals surface area contributed by atoms with Crippen molar-refractivity contribution in [3.05, 3.63) is 60.3 Å². The zero-order valence-corrected chi connectivity index (χ0v) is 10.6. The fourth-order valence-electron chi connectivity index (χ4n) is 1.86. The van der Waals surface area contributed by atoms with Crippen molar-refractivity contribution in [2.75, 3.05) is 0 Å². The molecule has 6 nitrogen and oxygen atoms in total. The number of benzene rings is 1. The van der Waals surface area contributed by atoms with Gasteiger partial charge in [-0.2, -0.15) is 5.10 Å². The van der Waals surface area contributed by atoms with Crippen LogP contribution in [-0.4, -0.2) is 30.8 Å². The van der Waals surface area contributed by atoms with Crippen LogP contribution in [0.1, 0.15) is 10.4 Å². The molecule has 0 aliphatic rings. The van der Waals surface area contributed by atoms with Crippen LogP contribution in [0.15, 0.2) is 48.9 Å². The molecular weight excluding hydrogens is 275 g/mol. The number of carbonyl (C=O) groups is 1. The summed E-state index contributed by atoms with van der Waals surface area (Å²) in [5, 5.41) is 13.5. The molecule has 21 heavy (non-hydrogen) atoms. The van der Waals surface area contributed by atoms with E-state index in [2.05, 4.69) is 15.1 Å². The Labute approximate surface area is 118 Å². The van der Waals surface area contributed by atoms with Crippen LogP contribution in [0.25, 0.3) is 17.2 Å². The smallest absolute Gasteiger partial charge is 0.339 e. The third-order valence-electron chi connectivity index (χ3n) is 2.82. The number of carboxylic acids is 1. The first-order valence-corrected chi connectivity index (χ1v) is 6.01. The van der Waals surface area contributed by atoms with Gasteiger partial charge in [-0.15, -0.1) is 0 Å². The standard InChI is InChI=1S/C14H9FN4O2/c15-10-4-2-9(3-5-10)12-11(13(20)21)8-19(18-12)14-16-6-1-7-17-14/h1-8H,(H,20,21). The molecule has 0 radical (unpaired) electrons. The van der Waals surface area contributed by atoms with E-state index >= 15 is 0 Å². The topological polar surface area (TPSA) is 80.9 Å². The van der Waals surface area contributed by atoms with Crippen LogP contribution < -0.4 is 0 Å². The fraction of sp³-hybridized carbons (Fsp3) is 0. The van der Waals surface area contributed by atoms with Crippen LogP contribution in [-0.2, 0) is 0 Å². The summed E-state index contributed by atoms with van der Waals surface area (Å²) in [4.78, 5) is 19.4. The quantitative estimate of drug-likeness (QED) is 0.797. The second-order valence-electron chi connectivity index (χ2n) is 4.20. The van der Waals surface area contributed by atoms with Gasteiger partial charge in [0.2, 0.25) is 5.95 Å². The predicted molar refractivity (Wildman–Crippen MR) is 71.5 cm³/mol. The molecule has 0 spiro atoms.